The van der Waals surface area contributed by atoms with Crippen LogP contribution in [0.4, 0.5) is 8.78 Å². The van der Waals surface area contributed by atoms with E-state index >= 15 is 0 Å². The Bertz CT molecular complexity index is 695. The first-order chi connectivity index (χ1) is 10.9. The van der Waals surface area contributed by atoms with Gasteiger partial charge in [0.15, 0.2) is 11.6 Å². The van der Waals surface area contributed by atoms with Crippen LogP contribution in [-0.4, -0.2) is 21.4 Å². The molecule has 4 nitrogen and oxygen atoms in total. The molecule has 0 unspecified atom stereocenters. The highest BCUT2D eigenvalue weighted by atomic mass is 19.1. The van der Waals surface area contributed by atoms with Gasteiger partial charge in [-0.3, -0.25) is 0 Å². The molecule has 0 radical (unpaired) electrons. The fourth-order valence-electron chi connectivity index (χ4n) is 2.06. The number of hydrogen-bond acceptors (Lipinski definition) is 3. The van der Waals surface area contributed by atoms with Crippen molar-refractivity contribution in [3.63, 3.8) is 0 Å². The summed E-state index contributed by atoms with van der Waals surface area (Å²) in [4.78, 5) is 4.33. The van der Waals surface area contributed by atoms with Crippen molar-refractivity contribution in [3.8, 4) is 11.4 Å². The molecule has 0 aliphatic heterocycles. The van der Waals surface area contributed by atoms with E-state index in [4.69, 9.17) is 4.74 Å². The van der Waals surface area contributed by atoms with Crippen LogP contribution in [-0.2, 0) is 18.2 Å². The van der Waals surface area contributed by atoms with Crippen molar-refractivity contribution < 1.29 is 13.5 Å². The Labute approximate surface area is 134 Å². The number of rotatable bonds is 7. The fraction of sp³-hybridized carbons (Fsp3) is 0.412. The van der Waals surface area contributed by atoms with Gasteiger partial charge in [0.25, 0.3) is 0 Å². The normalized spacial score (nSPS) is 11.0. The fourth-order valence-corrected chi connectivity index (χ4v) is 2.06. The average molecular weight is 321 g/mol. The number of allylic oxidation sites excluding steroid dienone is 1. The summed E-state index contributed by atoms with van der Waals surface area (Å²) in [5.41, 5.74) is 0.225. The van der Waals surface area contributed by atoms with Crippen LogP contribution >= 0.6 is 0 Å². The molecule has 6 heteroatoms. The Morgan fingerprint density at radius 3 is 2.74 bits per heavy atom. The smallest absolute Gasteiger partial charge is 0.161 e. The van der Waals surface area contributed by atoms with Crippen molar-refractivity contribution >= 4 is 0 Å². The molecule has 1 aromatic carbocycles. The quantitative estimate of drug-likeness (QED) is 0.727. The van der Waals surface area contributed by atoms with Crippen LogP contribution in [0.15, 0.2) is 30.5 Å². The van der Waals surface area contributed by atoms with Crippen molar-refractivity contribution in [2.24, 2.45) is 13.0 Å². The largest absolute Gasteiger partial charge is 0.498 e. The van der Waals surface area contributed by atoms with E-state index in [1.807, 2.05) is 0 Å². The summed E-state index contributed by atoms with van der Waals surface area (Å²) in [6.07, 6.45) is 1.15. The summed E-state index contributed by atoms with van der Waals surface area (Å²) in [6.45, 7) is 8.63. The topological polar surface area (TPSA) is 39.9 Å². The number of halogens is 2. The maximum atomic E-state index is 13.9. The molecule has 0 N–H and O–H groups in total. The molecule has 0 amide bonds. The Morgan fingerprint density at radius 2 is 2.09 bits per heavy atom. The van der Waals surface area contributed by atoms with E-state index in [0.29, 0.717) is 42.8 Å². The predicted octanol–water partition coefficient (Wildman–Crippen LogP) is 3.88. The molecule has 0 saturated carbocycles. The molecule has 1 heterocycles. The molecule has 124 valence electrons. The number of aromatic nitrogens is 3. The molecule has 0 saturated heterocycles. The standard InChI is InChI=1S/C17H21F2N3O/c1-11(2)10-23-12(3)5-8-16-20-17(22(4)21-16)14-7-6-13(18)9-15(14)19/h6-7,9,11H,3,5,8,10H2,1-2,4H3. The van der Waals surface area contributed by atoms with Crippen LogP contribution < -0.4 is 0 Å². The molecule has 23 heavy (non-hydrogen) atoms. The Kier molecular flexibility index (Phi) is 5.47. The summed E-state index contributed by atoms with van der Waals surface area (Å²) >= 11 is 0. The van der Waals surface area contributed by atoms with Crippen LogP contribution in [0.1, 0.15) is 26.1 Å². The minimum atomic E-state index is -0.656. The van der Waals surface area contributed by atoms with Gasteiger partial charge in [0.1, 0.15) is 11.6 Å². The zero-order valence-electron chi connectivity index (χ0n) is 13.6. The molecule has 0 aliphatic carbocycles. The van der Waals surface area contributed by atoms with E-state index in [2.05, 4.69) is 30.5 Å². The van der Waals surface area contributed by atoms with Crippen molar-refractivity contribution in [3.05, 3.63) is 48.0 Å². The highest BCUT2D eigenvalue weighted by Crippen LogP contribution is 2.22. The van der Waals surface area contributed by atoms with Gasteiger partial charge in [-0.05, 0) is 18.1 Å². The van der Waals surface area contributed by atoms with E-state index < -0.39 is 11.6 Å². The van der Waals surface area contributed by atoms with Gasteiger partial charge in [0.05, 0.1) is 17.9 Å². The van der Waals surface area contributed by atoms with Gasteiger partial charge in [-0.15, -0.1) is 0 Å². The monoisotopic (exact) mass is 321 g/mol. The maximum absolute atomic E-state index is 13.9. The van der Waals surface area contributed by atoms with Gasteiger partial charge in [-0.2, -0.15) is 5.10 Å². The Morgan fingerprint density at radius 1 is 1.35 bits per heavy atom. The molecule has 1 aromatic heterocycles. The lowest BCUT2D eigenvalue weighted by atomic mass is 10.2. The zero-order valence-corrected chi connectivity index (χ0v) is 13.6. The third-order valence-corrected chi connectivity index (χ3v) is 3.23. The first-order valence-corrected chi connectivity index (χ1v) is 7.52. The summed E-state index contributed by atoms with van der Waals surface area (Å²) < 4.78 is 33.9. The molecule has 0 fully saturated rings. The molecule has 2 rings (SSSR count). The van der Waals surface area contributed by atoms with E-state index in [9.17, 15) is 8.78 Å². The second-order valence-electron chi connectivity index (χ2n) is 5.84. The van der Waals surface area contributed by atoms with Crippen LogP contribution in [0, 0.1) is 17.6 Å². The molecule has 0 spiro atoms. The van der Waals surface area contributed by atoms with Crippen molar-refractivity contribution in [1.29, 1.82) is 0 Å². The summed E-state index contributed by atoms with van der Waals surface area (Å²) in [5.74, 6) is 0.782. The van der Waals surface area contributed by atoms with Crippen LogP contribution in [0.2, 0.25) is 0 Å². The van der Waals surface area contributed by atoms with Crippen molar-refractivity contribution in [2.45, 2.75) is 26.7 Å². The molecular weight excluding hydrogens is 300 g/mol. The Hall–Kier alpha value is -2.24. The summed E-state index contributed by atoms with van der Waals surface area (Å²) in [7, 11) is 1.68. The third kappa shape index (κ3) is 4.61. The Balaban J connectivity index is 2.05. The summed E-state index contributed by atoms with van der Waals surface area (Å²) in [5, 5.41) is 4.27. The lowest BCUT2D eigenvalue weighted by Crippen LogP contribution is -2.02. The van der Waals surface area contributed by atoms with Gasteiger partial charge in [-0.25, -0.2) is 18.4 Å². The highest BCUT2D eigenvalue weighted by Gasteiger charge is 2.14. The van der Waals surface area contributed by atoms with Gasteiger partial charge >= 0.3 is 0 Å². The molecular formula is C17H21F2N3O. The average Bonchev–Trinajstić information content (AvgIpc) is 2.84. The van der Waals surface area contributed by atoms with E-state index in [0.717, 1.165) is 6.07 Å². The lowest BCUT2D eigenvalue weighted by molar-refractivity contribution is 0.172. The van der Waals surface area contributed by atoms with Gasteiger partial charge in [0.2, 0.25) is 0 Å². The number of aryl methyl sites for hydroxylation is 2. The molecule has 2 aromatic rings. The van der Waals surface area contributed by atoms with Crippen molar-refractivity contribution in [1.82, 2.24) is 14.8 Å². The van der Waals surface area contributed by atoms with E-state index in [-0.39, 0.29) is 5.56 Å². The second-order valence-corrected chi connectivity index (χ2v) is 5.84. The van der Waals surface area contributed by atoms with Crippen LogP contribution in [0.3, 0.4) is 0 Å². The number of nitrogens with zero attached hydrogens (tertiary/aromatic N) is 3. The van der Waals surface area contributed by atoms with E-state index in [1.165, 1.54) is 16.8 Å². The second kappa shape index (κ2) is 7.35. The molecule has 0 bridgehead atoms. The first kappa shape index (κ1) is 17.1. The third-order valence-electron chi connectivity index (χ3n) is 3.23. The van der Waals surface area contributed by atoms with Gasteiger partial charge in [-0.1, -0.05) is 20.4 Å². The summed E-state index contributed by atoms with van der Waals surface area (Å²) in [6, 6.07) is 3.41. The first-order valence-electron chi connectivity index (χ1n) is 7.52. The molecule has 0 atom stereocenters. The minimum absolute atomic E-state index is 0.225. The lowest BCUT2D eigenvalue weighted by Gasteiger charge is -2.10. The molecule has 0 aliphatic rings. The highest BCUT2D eigenvalue weighted by molar-refractivity contribution is 5.56. The van der Waals surface area contributed by atoms with Gasteiger partial charge < -0.3 is 4.74 Å². The maximum Gasteiger partial charge on any atom is 0.161 e. The SMILES string of the molecule is C=C(CCc1nc(-c2ccc(F)cc2F)n(C)n1)OCC(C)C. The van der Waals surface area contributed by atoms with Crippen LogP contribution in [0.25, 0.3) is 11.4 Å². The van der Waals surface area contributed by atoms with Gasteiger partial charge in [0, 0.05) is 26.0 Å². The zero-order chi connectivity index (χ0) is 17.0. The van der Waals surface area contributed by atoms with Crippen LogP contribution in [0.5, 0.6) is 0 Å². The van der Waals surface area contributed by atoms with E-state index in [1.54, 1.807) is 7.05 Å². The van der Waals surface area contributed by atoms with Crippen molar-refractivity contribution in [2.75, 3.05) is 6.61 Å². The predicted molar refractivity (Wildman–Crippen MR) is 84.6 cm³/mol. The number of ether oxygens (including phenoxy) is 1. The minimum Gasteiger partial charge on any atom is -0.498 e. The number of hydrogen-bond donors (Lipinski definition) is 0. The number of benzene rings is 1.